The highest BCUT2D eigenvalue weighted by Crippen LogP contribution is 2.20. The molecule has 0 saturated carbocycles. The summed E-state index contributed by atoms with van der Waals surface area (Å²) in [4.78, 5) is 18.7. The van der Waals surface area contributed by atoms with E-state index in [1.54, 1.807) is 6.20 Å². The summed E-state index contributed by atoms with van der Waals surface area (Å²) in [5.74, 6) is 0.600. The number of piperidine rings is 1. The number of ether oxygens (including phenoxy) is 1. The van der Waals surface area contributed by atoms with Gasteiger partial charge in [0.05, 0.1) is 6.10 Å². The number of carbonyl (C=O) groups is 1. The average Bonchev–Trinajstić information content (AvgIpc) is 2.53. The first kappa shape index (κ1) is 16.6. The van der Waals surface area contributed by atoms with E-state index in [4.69, 9.17) is 4.74 Å². The van der Waals surface area contributed by atoms with E-state index in [9.17, 15) is 4.79 Å². The number of urea groups is 1. The van der Waals surface area contributed by atoms with E-state index in [2.05, 4.69) is 17.2 Å². The molecule has 1 aliphatic heterocycles. The Kier molecular flexibility index (Phi) is 6.04. The summed E-state index contributed by atoms with van der Waals surface area (Å²) in [5.41, 5.74) is 0.912. The van der Waals surface area contributed by atoms with Crippen molar-refractivity contribution in [2.24, 2.45) is 0 Å². The summed E-state index contributed by atoms with van der Waals surface area (Å²) < 4.78 is 5.69. The molecule has 2 amide bonds. The Morgan fingerprint density at radius 1 is 1.50 bits per heavy atom. The number of hydrogen-bond acceptors (Lipinski definition) is 3. The zero-order valence-electron chi connectivity index (χ0n) is 13.8. The Morgan fingerprint density at radius 2 is 2.32 bits per heavy atom. The molecule has 5 heteroatoms. The van der Waals surface area contributed by atoms with Gasteiger partial charge in [0.25, 0.3) is 0 Å². The lowest BCUT2D eigenvalue weighted by Gasteiger charge is -2.35. The third kappa shape index (κ3) is 4.36. The van der Waals surface area contributed by atoms with Crippen LogP contribution in [0, 0.1) is 0 Å². The van der Waals surface area contributed by atoms with Gasteiger partial charge in [0.15, 0.2) is 0 Å². The van der Waals surface area contributed by atoms with Gasteiger partial charge < -0.3 is 15.0 Å². The number of nitrogens with one attached hydrogen (secondary N) is 1. The molecule has 1 unspecified atom stereocenters. The van der Waals surface area contributed by atoms with E-state index in [0.717, 1.165) is 31.4 Å². The minimum Gasteiger partial charge on any atom is -0.475 e. The molecule has 1 fully saturated rings. The number of rotatable bonds is 5. The normalized spacial score (nSPS) is 18.4. The third-order valence-corrected chi connectivity index (χ3v) is 3.99. The van der Waals surface area contributed by atoms with Crippen molar-refractivity contribution in [1.82, 2.24) is 15.2 Å². The molecule has 22 heavy (non-hydrogen) atoms. The van der Waals surface area contributed by atoms with Crippen molar-refractivity contribution < 1.29 is 9.53 Å². The van der Waals surface area contributed by atoms with Crippen molar-refractivity contribution in [1.29, 1.82) is 0 Å². The molecule has 0 aliphatic carbocycles. The summed E-state index contributed by atoms with van der Waals surface area (Å²) in [5, 5.41) is 3.01. The SMILES string of the molecule is CCC1CCCCN1C(=O)NCc1cccnc1OC(C)C. The van der Waals surface area contributed by atoms with Crippen LogP contribution in [0.25, 0.3) is 0 Å². The zero-order valence-corrected chi connectivity index (χ0v) is 13.8. The molecule has 1 N–H and O–H groups in total. The van der Waals surface area contributed by atoms with Crippen molar-refractivity contribution in [3.63, 3.8) is 0 Å². The number of carbonyl (C=O) groups excluding carboxylic acids is 1. The van der Waals surface area contributed by atoms with Crippen LogP contribution >= 0.6 is 0 Å². The highest BCUT2D eigenvalue weighted by Gasteiger charge is 2.25. The molecule has 2 rings (SSSR count). The smallest absolute Gasteiger partial charge is 0.317 e. The van der Waals surface area contributed by atoms with Crippen molar-refractivity contribution in [2.45, 2.75) is 65.1 Å². The predicted molar refractivity (Wildman–Crippen MR) is 86.9 cm³/mol. The van der Waals surface area contributed by atoms with Gasteiger partial charge in [-0.3, -0.25) is 0 Å². The van der Waals surface area contributed by atoms with E-state index in [0.29, 0.717) is 18.5 Å². The maximum atomic E-state index is 12.4. The summed E-state index contributed by atoms with van der Waals surface area (Å²) >= 11 is 0. The Morgan fingerprint density at radius 3 is 3.05 bits per heavy atom. The summed E-state index contributed by atoms with van der Waals surface area (Å²) in [6.45, 7) is 7.38. The first-order valence-electron chi connectivity index (χ1n) is 8.26. The van der Waals surface area contributed by atoms with Gasteiger partial charge in [-0.15, -0.1) is 0 Å². The topological polar surface area (TPSA) is 54.5 Å². The van der Waals surface area contributed by atoms with E-state index >= 15 is 0 Å². The van der Waals surface area contributed by atoms with Crippen LogP contribution in [0.4, 0.5) is 4.79 Å². The molecule has 0 aromatic carbocycles. The number of aromatic nitrogens is 1. The summed E-state index contributed by atoms with van der Waals surface area (Å²) in [7, 11) is 0. The molecule has 1 aromatic rings. The van der Waals surface area contributed by atoms with Crippen LogP contribution < -0.4 is 10.1 Å². The predicted octanol–water partition coefficient (Wildman–Crippen LogP) is 3.34. The van der Waals surface area contributed by atoms with Gasteiger partial charge in [-0.1, -0.05) is 13.0 Å². The first-order valence-corrected chi connectivity index (χ1v) is 8.26. The Balaban J connectivity index is 1.96. The van der Waals surface area contributed by atoms with E-state index in [-0.39, 0.29) is 12.1 Å². The number of pyridine rings is 1. The van der Waals surface area contributed by atoms with Crippen molar-refractivity contribution >= 4 is 6.03 Å². The van der Waals surface area contributed by atoms with Crippen LogP contribution in [0.3, 0.4) is 0 Å². The molecule has 0 spiro atoms. The first-order chi connectivity index (χ1) is 10.6. The fourth-order valence-corrected chi connectivity index (χ4v) is 2.85. The van der Waals surface area contributed by atoms with Crippen molar-refractivity contribution in [3.05, 3.63) is 23.9 Å². The molecule has 5 nitrogen and oxygen atoms in total. The molecule has 1 saturated heterocycles. The van der Waals surface area contributed by atoms with Gasteiger partial charge in [0.1, 0.15) is 0 Å². The molecule has 122 valence electrons. The molecule has 0 radical (unpaired) electrons. The monoisotopic (exact) mass is 305 g/mol. The van der Waals surface area contributed by atoms with E-state index in [1.807, 2.05) is 30.9 Å². The van der Waals surface area contributed by atoms with Crippen LogP contribution in [0.2, 0.25) is 0 Å². The van der Waals surface area contributed by atoms with Gasteiger partial charge in [0.2, 0.25) is 5.88 Å². The van der Waals surface area contributed by atoms with Crippen LogP contribution in [0.5, 0.6) is 5.88 Å². The number of hydrogen-bond donors (Lipinski definition) is 1. The Hall–Kier alpha value is -1.78. The van der Waals surface area contributed by atoms with E-state index in [1.165, 1.54) is 6.42 Å². The summed E-state index contributed by atoms with van der Waals surface area (Å²) in [6, 6.07) is 4.20. The lowest BCUT2D eigenvalue weighted by atomic mass is 10.0. The summed E-state index contributed by atoms with van der Waals surface area (Å²) in [6.07, 6.45) is 6.22. The van der Waals surface area contributed by atoms with Crippen LogP contribution in [-0.4, -0.2) is 34.6 Å². The van der Waals surface area contributed by atoms with Gasteiger partial charge >= 0.3 is 6.03 Å². The fourth-order valence-electron chi connectivity index (χ4n) is 2.85. The largest absolute Gasteiger partial charge is 0.475 e. The zero-order chi connectivity index (χ0) is 15.9. The standard InChI is InChI=1S/C17H27N3O2/c1-4-15-9-5-6-11-20(15)17(21)19-12-14-8-7-10-18-16(14)22-13(2)3/h7-8,10,13,15H,4-6,9,11-12H2,1-3H3,(H,19,21). The van der Waals surface area contributed by atoms with Crippen molar-refractivity contribution in [2.75, 3.05) is 6.54 Å². The minimum atomic E-state index is 0.0194. The quantitative estimate of drug-likeness (QED) is 0.907. The van der Waals surface area contributed by atoms with Crippen LogP contribution in [0.1, 0.15) is 52.0 Å². The highest BCUT2D eigenvalue weighted by molar-refractivity contribution is 5.74. The minimum absolute atomic E-state index is 0.0194. The number of nitrogens with zero attached hydrogens (tertiary/aromatic N) is 2. The van der Waals surface area contributed by atoms with Gasteiger partial charge in [-0.2, -0.15) is 0 Å². The van der Waals surface area contributed by atoms with Crippen molar-refractivity contribution in [3.8, 4) is 5.88 Å². The average molecular weight is 305 g/mol. The maximum absolute atomic E-state index is 12.4. The highest BCUT2D eigenvalue weighted by atomic mass is 16.5. The third-order valence-electron chi connectivity index (χ3n) is 3.99. The Labute approximate surface area is 133 Å². The lowest BCUT2D eigenvalue weighted by Crippen LogP contribution is -2.48. The second-order valence-electron chi connectivity index (χ2n) is 6.04. The number of likely N-dealkylation sites (tertiary alicyclic amines) is 1. The molecular weight excluding hydrogens is 278 g/mol. The van der Waals surface area contributed by atoms with E-state index < -0.39 is 0 Å². The molecule has 1 aliphatic rings. The lowest BCUT2D eigenvalue weighted by molar-refractivity contribution is 0.148. The molecule has 0 bridgehead atoms. The second kappa shape index (κ2) is 8.01. The molecule has 1 aromatic heterocycles. The van der Waals surface area contributed by atoms with Gasteiger partial charge in [0, 0.05) is 30.9 Å². The Bertz CT molecular complexity index is 491. The van der Waals surface area contributed by atoms with Gasteiger partial charge in [-0.25, -0.2) is 9.78 Å². The van der Waals surface area contributed by atoms with Gasteiger partial charge in [-0.05, 0) is 45.6 Å². The second-order valence-corrected chi connectivity index (χ2v) is 6.04. The molecular formula is C17H27N3O2. The fraction of sp³-hybridized carbons (Fsp3) is 0.647. The number of amides is 2. The molecule has 1 atom stereocenters. The van der Waals surface area contributed by atoms with Crippen LogP contribution in [0.15, 0.2) is 18.3 Å². The maximum Gasteiger partial charge on any atom is 0.317 e. The van der Waals surface area contributed by atoms with Crippen LogP contribution in [-0.2, 0) is 6.54 Å². The molecule has 2 heterocycles.